The number of anilines is 1. The van der Waals surface area contributed by atoms with Gasteiger partial charge in [0.15, 0.2) is 11.5 Å². The van der Waals surface area contributed by atoms with Crippen molar-refractivity contribution < 1.29 is 18.0 Å². The zero-order chi connectivity index (χ0) is 17.6. The number of carbonyl (C=O) groups excluding carboxylic acids is 1. The highest BCUT2D eigenvalue weighted by molar-refractivity contribution is 7.20. The fraction of sp³-hybridized carbons (Fsp3) is 0.357. The molecule has 0 spiro atoms. The first-order valence-electron chi connectivity index (χ1n) is 7.10. The van der Waals surface area contributed by atoms with E-state index in [4.69, 9.17) is 0 Å². The van der Waals surface area contributed by atoms with E-state index in [0.29, 0.717) is 17.2 Å². The Balaban J connectivity index is 1.93. The average Bonchev–Trinajstić information content (AvgIpc) is 3.13. The number of alkyl halides is 3. The monoisotopic (exact) mass is 357 g/mol. The minimum Gasteiger partial charge on any atom is -0.304 e. The van der Waals surface area contributed by atoms with Gasteiger partial charge in [-0.25, -0.2) is 0 Å². The molecule has 3 rings (SSSR count). The van der Waals surface area contributed by atoms with Crippen LogP contribution in [-0.2, 0) is 19.8 Å². The minimum atomic E-state index is -4.56. The zero-order valence-corrected chi connectivity index (χ0v) is 13.9. The summed E-state index contributed by atoms with van der Waals surface area (Å²) in [5.41, 5.74) is -0.103. The minimum absolute atomic E-state index is 0.0737. The lowest BCUT2D eigenvalue weighted by Crippen LogP contribution is -2.11. The molecule has 0 saturated heterocycles. The summed E-state index contributed by atoms with van der Waals surface area (Å²) in [4.78, 5) is 12.8. The highest BCUT2D eigenvalue weighted by Gasteiger charge is 2.37. The molecular formula is C14H14F3N5OS. The molecule has 3 aromatic rings. The molecule has 0 aliphatic heterocycles. The van der Waals surface area contributed by atoms with Gasteiger partial charge in [-0.15, -0.1) is 11.3 Å². The van der Waals surface area contributed by atoms with Gasteiger partial charge in [0, 0.05) is 30.7 Å². The van der Waals surface area contributed by atoms with Crippen LogP contribution in [0.2, 0.25) is 0 Å². The Morgan fingerprint density at radius 3 is 2.62 bits per heavy atom. The van der Waals surface area contributed by atoms with E-state index in [1.807, 2.05) is 13.8 Å². The highest BCUT2D eigenvalue weighted by Crippen LogP contribution is 2.37. The van der Waals surface area contributed by atoms with Crippen molar-refractivity contribution in [2.45, 2.75) is 26.6 Å². The van der Waals surface area contributed by atoms with Crippen LogP contribution in [0.1, 0.15) is 28.0 Å². The molecule has 0 aliphatic carbocycles. The van der Waals surface area contributed by atoms with Crippen LogP contribution in [0.4, 0.5) is 19.0 Å². The summed E-state index contributed by atoms with van der Waals surface area (Å²) in [7, 11) is 1.42. The van der Waals surface area contributed by atoms with Gasteiger partial charge >= 0.3 is 6.18 Å². The summed E-state index contributed by atoms with van der Waals surface area (Å²) < 4.78 is 41.8. The van der Waals surface area contributed by atoms with Crippen molar-refractivity contribution in [2.75, 3.05) is 5.32 Å². The largest absolute Gasteiger partial charge is 0.435 e. The summed E-state index contributed by atoms with van der Waals surface area (Å²) in [6, 6.07) is 2.92. The van der Waals surface area contributed by atoms with Crippen molar-refractivity contribution in [3.05, 3.63) is 28.4 Å². The van der Waals surface area contributed by atoms with Crippen molar-refractivity contribution in [1.29, 1.82) is 0 Å². The van der Waals surface area contributed by atoms with E-state index in [1.165, 1.54) is 13.1 Å². The number of thiophene rings is 1. The number of fused-ring (bicyclic) bond motifs is 1. The Labute approximate surface area is 138 Å². The van der Waals surface area contributed by atoms with Gasteiger partial charge in [0.05, 0.1) is 4.88 Å². The fourth-order valence-corrected chi connectivity index (χ4v) is 3.40. The maximum Gasteiger partial charge on any atom is 0.435 e. The molecule has 1 amide bonds. The van der Waals surface area contributed by atoms with Crippen LogP contribution in [0, 0.1) is 6.92 Å². The van der Waals surface area contributed by atoms with Gasteiger partial charge in [0.25, 0.3) is 5.91 Å². The van der Waals surface area contributed by atoms with Crippen LogP contribution in [0.15, 0.2) is 12.1 Å². The van der Waals surface area contributed by atoms with Gasteiger partial charge in [-0.05, 0) is 19.9 Å². The van der Waals surface area contributed by atoms with Crippen molar-refractivity contribution in [3.8, 4) is 0 Å². The first-order chi connectivity index (χ1) is 11.2. The van der Waals surface area contributed by atoms with E-state index in [2.05, 4.69) is 15.5 Å². The summed E-state index contributed by atoms with van der Waals surface area (Å²) in [5, 5.41) is 10.2. The molecule has 3 aromatic heterocycles. The van der Waals surface area contributed by atoms with Crippen molar-refractivity contribution in [3.63, 3.8) is 0 Å². The summed E-state index contributed by atoms with van der Waals surface area (Å²) in [6.45, 7) is 4.43. The Morgan fingerprint density at radius 1 is 1.33 bits per heavy atom. The van der Waals surface area contributed by atoms with Crippen molar-refractivity contribution in [2.24, 2.45) is 7.05 Å². The van der Waals surface area contributed by atoms with E-state index in [-0.39, 0.29) is 10.3 Å². The number of nitrogens with zero attached hydrogens (tertiary/aromatic N) is 4. The molecule has 3 heterocycles. The number of aromatic nitrogens is 4. The van der Waals surface area contributed by atoms with Crippen LogP contribution in [0.25, 0.3) is 10.2 Å². The van der Waals surface area contributed by atoms with Crippen LogP contribution < -0.4 is 5.32 Å². The molecule has 0 bridgehead atoms. The summed E-state index contributed by atoms with van der Waals surface area (Å²) in [6.07, 6.45) is -4.56. The summed E-state index contributed by atoms with van der Waals surface area (Å²) >= 11 is 0.959. The smallest absolute Gasteiger partial charge is 0.304 e. The molecule has 128 valence electrons. The van der Waals surface area contributed by atoms with E-state index < -0.39 is 17.8 Å². The van der Waals surface area contributed by atoms with Crippen LogP contribution in [-0.4, -0.2) is 25.5 Å². The predicted octanol–water partition coefficient (Wildman–Crippen LogP) is 3.43. The number of hydrogen-bond donors (Lipinski definition) is 1. The molecule has 24 heavy (non-hydrogen) atoms. The molecule has 0 aromatic carbocycles. The third kappa shape index (κ3) is 2.77. The molecule has 6 nitrogen and oxygen atoms in total. The lowest BCUT2D eigenvalue weighted by Gasteiger charge is -2.01. The topological polar surface area (TPSA) is 64.7 Å². The number of nitrogens with one attached hydrogen (secondary N) is 1. The maximum atomic E-state index is 13.0. The zero-order valence-electron chi connectivity index (χ0n) is 13.1. The van der Waals surface area contributed by atoms with Crippen LogP contribution >= 0.6 is 11.3 Å². The Morgan fingerprint density at radius 2 is 2.04 bits per heavy atom. The van der Waals surface area contributed by atoms with Gasteiger partial charge in [-0.2, -0.15) is 23.4 Å². The van der Waals surface area contributed by atoms with E-state index in [9.17, 15) is 18.0 Å². The number of amides is 1. The highest BCUT2D eigenvalue weighted by atomic mass is 32.1. The molecule has 1 N–H and O–H groups in total. The number of rotatable bonds is 3. The fourth-order valence-electron chi connectivity index (χ4n) is 2.43. The number of carbonyl (C=O) groups is 1. The van der Waals surface area contributed by atoms with E-state index in [0.717, 1.165) is 21.7 Å². The first-order valence-corrected chi connectivity index (χ1v) is 7.92. The predicted molar refractivity (Wildman–Crippen MR) is 84.2 cm³/mol. The second-order valence-electron chi connectivity index (χ2n) is 5.24. The van der Waals surface area contributed by atoms with Gasteiger partial charge in [-0.1, -0.05) is 0 Å². The third-order valence-corrected chi connectivity index (χ3v) is 4.73. The molecule has 0 radical (unpaired) electrons. The molecule has 0 unspecified atom stereocenters. The third-order valence-electron chi connectivity index (χ3n) is 3.53. The Kier molecular flexibility index (Phi) is 3.86. The van der Waals surface area contributed by atoms with E-state index in [1.54, 1.807) is 10.7 Å². The SMILES string of the molecule is CCn1nc(NC(=O)c2cc3c(C(F)(F)F)nn(C)c3s2)cc1C. The number of hydrogen-bond acceptors (Lipinski definition) is 4. The summed E-state index contributed by atoms with van der Waals surface area (Å²) in [5.74, 6) is -0.129. The van der Waals surface area contributed by atoms with Crippen molar-refractivity contribution in [1.82, 2.24) is 19.6 Å². The quantitative estimate of drug-likeness (QED) is 0.781. The molecular weight excluding hydrogens is 343 g/mol. The molecule has 0 atom stereocenters. The second kappa shape index (κ2) is 5.62. The van der Waals surface area contributed by atoms with E-state index >= 15 is 0 Å². The Bertz CT molecular complexity index is 921. The molecule has 10 heteroatoms. The standard InChI is InChI=1S/C14H14F3N5OS/c1-4-22-7(2)5-10(19-22)18-12(23)9-6-8-11(14(15,16)17)20-21(3)13(8)24-9/h5-6H,4H2,1-3H3,(H,18,19,23). The van der Waals surface area contributed by atoms with Gasteiger partial charge < -0.3 is 5.32 Å². The normalized spacial score (nSPS) is 12.1. The molecule has 0 saturated carbocycles. The molecule has 0 aliphatic rings. The van der Waals surface area contributed by atoms with Gasteiger partial charge in [0.2, 0.25) is 0 Å². The average molecular weight is 357 g/mol. The Hall–Kier alpha value is -2.36. The van der Waals surface area contributed by atoms with Gasteiger partial charge in [0.1, 0.15) is 4.83 Å². The molecule has 0 fully saturated rings. The van der Waals surface area contributed by atoms with Crippen LogP contribution in [0.5, 0.6) is 0 Å². The lowest BCUT2D eigenvalue weighted by atomic mass is 10.3. The number of aryl methyl sites for hydroxylation is 3. The maximum absolute atomic E-state index is 13.0. The van der Waals surface area contributed by atoms with Crippen LogP contribution in [0.3, 0.4) is 0 Å². The van der Waals surface area contributed by atoms with Gasteiger partial charge in [-0.3, -0.25) is 14.2 Å². The lowest BCUT2D eigenvalue weighted by molar-refractivity contribution is -0.140. The second-order valence-corrected chi connectivity index (χ2v) is 6.27. The first kappa shape index (κ1) is 16.5. The number of halogens is 3. The van der Waals surface area contributed by atoms with Crippen molar-refractivity contribution >= 4 is 33.3 Å².